The highest BCUT2D eigenvalue weighted by molar-refractivity contribution is 5.92. The van der Waals surface area contributed by atoms with E-state index in [2.05, 4.69) is 10.5 Å². The fourth-order valence-corrected chi connectivity index (χ4v) is 2.99. The predicted octanol–water partition coefficient (Wildman–Crippen LogP) is 2.83. The summed E-state index contributed by atoms with van der Waals surface area (Å²) in [6.07, 6.45) is 6.17. The summed E-state index contributed by atoms with van der Waals surface area (Å²) in [6, 6.07) is 8.42. The molecule has 1 fully saturated rings. The van der Waals surface area contributed by atoms with Crippen LogP contribution < -0.4 is 14.9 Å². The van der Waals surface area contributed by atoms with Gasteiger partial charge in [0.05, 0.1) is 19.1 Å². The van der Waals surface area contributed by atoms with Crippen LogP contribution in [0.4, 0.5) is 0 Å². The number of likely N-dealkylation sites (tertiary alicyclic amines) is 1. The molecule has 1 saturated heterocycles. The summed E-state index contributed by atoms with van der Waals surface area (Å²) in [7, 11) is 0. The van der Waals surface area contributed by atoms with Crippen LogP contribution in [0.25, 0.3) is 0 Å². The van der Waals surface area contributed by atoms with Crippen LogP contribution in [0, 0.1) is 0 Å². The summed E-state index contributed by atoms with van der Waals surface area (Å²) in [5.74, 6) is 0.736. The van der Waals surface area contributed by atoms with Gasteiger partial charge in [-0.1, -0.05) is 0 Å². The van der Waals surface area contributed by atoms with Crippen molar-refractivity contribution in [1.82, 2.24) is 10.3 Å². The van der Waals surface area contributed by atoms with Crippen molar-refractivity contribution in [3.05, 3.63) is 47.9 Å². The molecule has 1 N–H and O–H groups in total. The Hall–Kier alpha value is -3.29. The lowest BCUT2D eigenvalue weighted by Crippen LogP contribution is -2.38. The first-order valence-corrected chi connectivity index (χ1v) is 9.71. The average molecular weight is 399 g/mol. The molecule has 3 rings (SSSR count). The summed E-state index contributed by atoms with van der Waals surface area (Å²) in [5, 5.41) is 3.92. The highest BCUT2D eigenvalue weighted by Crippen LogP contribution is 2.28. The smallest absolute Gasteiger partial charge is 0.307 e. The van der Waals surface area contributed by atoms with E-state index < -0.39 is 5.91 Å². The monoisotopic (exact) mass is 399 g/mol. The van der Waals surface area contributed by atoms with Crippen LogP contribution in [0.2, 0.25) is 0 Å². The molecule has 1 aliphatic heterocycles. The lowest BCUT2D eigenvalue weighted by atomic mass is 10.1. The number of carbonyl (C=O) groups excluding carboxylic acids is 2. The summed E-state index contributed by atoms with van der Waals surface area (Å²) >= 11 is 0. The van der Waals surface area contributed by atoms with E-state index in [1.54, 1.807) is 30.3 Å². The number of benzene rings is 1. The second kappa shape index (κ2) is 10.3. The van der Waals surface area contributed by atoms with Crippen LogP contribution in [-0.4, -0.2) is 49.2 Å². The Morgan fingerprint density at radius 3 is 2.72 bits per heavy atom. The Kier molecular flexibility index (Phi) is 7.27. The molecular formula is C21H25N3O5. The molecule has 2 amide bonds. The van der Waals surface area contributed by atoms with Crippen LogP contribution in [0.1, 0.15) is 42.3 Å². The maximum absolute atomic E-state index is 12.3. The number of nitrogens with zero attached hydrogens (tertiary/aromatic N) is 2. The third-order valence-corrected chi connectivity index (χ3v) is 4.45. The molecule has 29 heavy (non-hydrogen) atoms. The van der Waals surface area contributed by atoms with Crippen molar-refractivity contribution < 1.29 is 23.5 Å². The molecule has 8 nitrogen and oxygen atoms in total. The molecule has 154 valence electrons. The number of carbonyl (C=O) groups is 2. The third-order valence-electron chi connectivity index (χ3n) is 4.45. The number of hydrazone groups is 1. The van der Waals surface area contributed by atoms with Gasteiger partial charge in [0.15, 0.2) is 23.9 Å². The first-order valence-electron chi connectivity index (χ1n) is 9.71. The van der Waals surface area contributed by atoms with Crippen LogP contribution in [-0.2, 0) is 4.79 Å². The molecule has 0 bridgehead atoms. The highest BCUT2D eigenvalue weighted by atomic mass is 16.5. The molecule has 0 spiro atoms. The van der Waals surface area contributed by atoms with Gasteiger partial charge < -0.3 is 18.8 Å². The van der Waals surface area contributed by atoms with E-state index >= 15 is 0 Å². The van der Waals surface area contributed by atoms with E-state index in [0.29, 0.717) is 23.7 Å². The Labute approximate surface area is 169 Å². The van der Waals surface area contributed by atoms with Crippen molar-refractivity contribution >= 4 is 18.0 Å². The first kappa shape index (κ1) is 20.4. The van der Waals surface area contributed by atoms with Crippen LogP contribution >= 0.6 is 0 Å². The second-order valence-electron chi connectivity index (χ2n) is 6.55. The van der Waals surface area contributed by atoms with E-state index in [4.69, 9.17) is 13.9 Å². The molecule has 1 aromatic carbocycles. The molecule has 2 aromatic rings. The van der Waals surface area contributed by atoms with Crippen molar-refractivity contribution in [1.29, 1.82) is 0 Å². The van der Waals surface area contributed by atoms with Gasteiger partial charge in [-0.3, -0.25) is 9.59 Å². The number of ether oxygens (including phenoxy) is 2. The van der Waals surface area contributed by atoms with Crippen molar-refractivity contribution in [2.24, 2.45) is 5.10 Å². The highest BCUT2D eigenvalue weighted by Gasteiger charge is 2.17. The van der Waals surface area contributed by atoms with E-state index in [1.807, 2.05) is 11.8 Å². The largest absolute Gasteiger partial charge is 0.490 e. The van der Waals surface area contributed by atoms with Crippen molar-refractivity contribution in [3.63, 3.8) is 0 Å². The van der Waals surface area contributed by atoms with Gasteiger partial charge in [0.1, 0.15) is 0 Å². The van der Waals surface area contributed by atoms with Crippen molar-refractivity contribution in [2.45, 2.75) is 26.2 Å². The number of nitrogens with one attached hydrogen (secondary N) is 1. The van der Waals surface area contributed by atoms with Gasteiger partial charge >= 0.3 is 5.91 Å². The minimum atomic E-state index is -0.438. The lowest BCUT2D eigenvalue weighted by molar-refractivity contribution is -0.134. The van der Waals surface area contributed by atoms with Crippen molar-refractivity contribution in [2.75, 3.05) is 26.3 Å². The number of rotatable bonds is 8. The molecule has 0 saturated carbocycles. The minimum absolute atomic E-state index is 0.0153. The zero-order chi connectivity index (χ0) is 20.5. The topological polar surface area (TPSA) is 93.4 Å². The Balaban J connectivity index is 1.59. The number of piperidine rings is 1. The fourth-order valence-electron chi connectivity index (χ4n) is 2.99. The van der Waals surface area contributed by atoms with Gasteiger partial charge in [0.2, 0.25) is 0 Å². The SMILES string of the molecule is CCOc1cc(/C=N\NC(=O)c2ccco2)ccc1OCC(=O)N1CCCCC1. The molecule has 0 aliphatic carbocycles. The second-order valence-corrected chi connectivity index (χ2v) is 6.55. The quantitative estimate of drug-likeness (QED) is 0.544. The van der Waals surface area contributed by atoms with E-state index in [0.717, 1.165) is 25.9 Å². The first-order chi connectivity index (χ1) is 14.2. The molecule has 8 heteroatoms. The lowest BCUT2D eigenvalue weighted by Gasteiger charge is -2.26. The normalized spacial score (nSPS) is 14.0. The zero-order valence-corrected chi connectivity index (χ0v) is 16.4. The molecular weight excluding hydrogens is 374 g/mol. The van der Waals surface area contributed by atoms with Crippen LogP contribution in [0.15, 0.2) is 46.1 Å². The maximum Gasteiger partial charge on any atom is 0.307 e. The molecule has 0 unspecified atom stereocenters. The van der Waals surface area contributed by atoms with Gasteiger partial charge in [-0.25, -0.2) is 5.43 Å². The predicted molar refractivity (Wildman–Crippen MR) is 107 cm³/mol. The molecule has 2 heterocycles. The maximum atomic E-state index is 12.3. The minimum Gasteiger partial charge on any atom is -0.490 e. The standard InChI is InChI=1S/C21H25N3O5/c1-2-27-19-13-16(14-22-23-21(26)18-7-6-12-28-18)8-9-17(19)29-15-20(25)24-10-4-3-5-11-24/h6-9,12-14H,2-5,10-11,15H2,1H3,(H,23,26)/b22-14-. The number of amides is 2. The molecule has 0 atom stereocenters. The summed E-state index contributed by atoms with van der Waals surface area (Å²) in [4.78, 5) is 25.9. The van der Waals surface area contributed by atoms with Crippen LogP contribution in [0.3, 0.4) is 0 Å². The number of hydrogen-bond acceptors (Lipinski definition) is 6. The Bertz CT molecular complexity index is 842. The third kappa shape index (κ3) is 5.84. The van der Waals surface area contributed by atoms with E-state index in [1.165, 1.54) is 18.9 Å². The fraction of sp³-hybridized carbons (Fsp3) is 0.381. The van der Waals surface area contributed by atoms with Gasteiger partial charge in [0, 0.05) is 13.1 Å². The summed E-state index contributed by atoms with van der Waals surface area (Å²) in [6.45, 7) is 3.88. The molecule has 1 aromatic heterocycles. The average Bonchev–Trinajstić information content (AvgIpc) is 3.29. The van der Waals surface area contributed by atoms with Crippen LogP contribution in [0.5, 0.6) is 11.5 Å². The van der Waals surface area contributed by atoms with Gasteiger partial charge in [-0.15, -0.1) is 0 Å². The number of hydrogen-bond donors (Lipinski definition) is 1. The molecule has 1 aliphatic rings. The summed E-state index contributed by atoms with van der Waals surface area (Å²) < 4.78 is 16.3. The van der Waals surface area contributed by atoms with Gasteiger partial charge in [-0.2, -0.15) is 5.10 Å². The Morgan fingerprint density at radius 1 is 1.17 bits per heavy atom. The van der Waals surface area contributed by atoms with Gasteiger partial charge in [-0.05, 0) is 62.1 Å². The number of furan rings is 1. The van der Waals surface area contributed by atoms with E-state index in [-0.39, 0.29) is 18.3 Å². The molecule has 0 radical (unpaired) electrons. The van der Waals surface area contributed by atoms with E-state index in [9.17, 15) is 9.59 Å². The zero-order valence-electron chi connectivity index (χ0n) is 16.4. The Morgan fingerprint density at radius 2 is 2.00 bits per heavy atom. The van der Waals surface area contributed by atoms with Gasteiger partial charge in [0.25, 0.3) is 5.91 Å². The van der Waals surface area contributed by atoms with Crippen molar-refractivity contribution in [3.8, 4) is 11.5 Å². The summed E-state index contributed by atoms with van der Waals surface area (Å²) in [5.41, 5.74) is 3.10.